The average molecular weight is 494 g/mol. The lowest BCUT2D eigenvalue weighted by Gasteiger charge is -2.53. The van der Waals surface area contributed by atoms with Gasteiger partial charge in [-0.05, 0) is 5.41 Å². The number of β-lactam (4-membered cyclic amide) rings is 1. The second kappa shape index (κ2) is 9.90. The lowest BCUT2D eigenvalue weighted by Crippen LogP contribution is -2.74. The number of carboxylic acids is 1. The number of oxime groups is 1. The van der Waals surface area contributed by atoms with Gasteiger partial charge in [-0.25, -0.2) is 4.98 Å². The van der Waals surface area contributed by atoms with E-state index in [1.165, 1.54) is 35.5 Å². The Kier molecular flexibility index (Phi) is 8.02. The molecule has 10 nitrogen and oxygen atoms in total. The summed E-state index contributed by atoms with van der Waals surface area (Å²) in [5, 5.41) is 19.1. The smallest absolute Gasteiger partial charge is 0.313 e. The topological polar surface area (TPSA) is 147 Å². The minimum atomic E-state index is -1.05. The Balaban J connectivity index is 0.00000320. The van der Waals surface area contributed by atoms with Crippen LogP contribution in [0.5, 0.6) is 0 Å². The molecule has 2 fully saturated rings. The highest BCUT2D eigenvalue weighted by Gasteiger charge is 2.57. The Morgan fingerprint density at radius 3 is 2.93 bits per heavy atom. The largest absolute Gasteiger partial charge is 0.481 e. The molecule has 2 aliphatic heterocycles. The third-order valence-corrected chi connectivity index (χ3v) is 7.74. The minimum absolute atomic E-state index is 0. The molecule has 2 saturated heterocycles. The van der Waals surface area contributed by atoms with Gasteiger partial charge < -0.3 is 25.9 Å². The lowest BCUT2D eigenvalue weighted by atomic mass is 9.89. The van der Waals surface area contributed by atoms with E-state index in [0.29, 0.717) is 11.5 Å². The fourth-order valence-corrected chi connectivity index (χ4v) is 6.00. The molecule has 1 aromatic heterocycles. The summed E-state index contributed by atoms with van der Waals surface area (Å²) in [7, 11) is 1.29. The van der Waals surface area contributed by atoms with E-state index in [-0.39, 0.29) is 46.8 Å². The average Bonchev–Trinajstić information content (AvgIpc) is 3.13. The summed E-state index contributed by atoms with van der Waals surface area (Å²) in [4.78, 5) is 47.3. The number of carbonyl (C=O) groups is 3. The van der Waals surface area contributed by atoms with Gasteiger partial charge in [0.25, 0.3) is 5.91 Å². The number of anilines is 1. The van der Waals surface area contributed by atoms with Crippen LogP contribution in [-0.4, -0.2) is 75.1 Å². The van der Waals surface area contributed by atoms with Crippen LogP contribution in [0.3, 0.4) is 0 Å². The molecule has 0 bridgehead atoms. The summed E-state index contributed by atoms with van der Waals surface area (Å²) >= 11 is 3.79. The minimum Gasteiger partial charge on any atom is -0.481 e. The Labute approximate surface area is 191 Å². The van der Waals surface area contributed by atoms with Gasteiger partial charge in [0.05, 0.1) is 0 Å². The van der Waals surface area contributed by atoms with Gasteiger partial charge in [0.1, 0.15) is 29.6 Å². The third kappa shape index (κ3) is 4.53. The van der Waals surface area contributed by atoms with Gasteiger partial charge in [-0.2, -0.15) is 0 Å². The number of aliphatic carboxylic acids is 1. The maximum absolute atomic E-state index is 12.7. The molecule has 164 valence electrons. The molecule has 3 rings (SSSR count). The predicted molar refractivity (Wildman–Crippen MR) is 120 cm³/mol. The second-order valence-electron chi connectivity index (χ2n) is 6.38. The molecule has 30 heavy (non-hydrogen) atoms. The Morgan fingerprint density at radius 2 is 2.37 bits per heavy atom. The van der Waals surface area contributed by atoms with Gasteiger partial charge in [-0.1, -0.05) is 11.7 Å². The van der Waals surface area contributed by atoms with Crippen molar-refractivity contribution >= 4 is 75.9 Å². The van der Waals surface area contributed by atoms with Crippen molar-refractivity contribution < 1.29 is 24.3 Å². The first-order valence-electron chi connectivity index (χ1n) is 8.34. The van der Waals surface area contributed by atoms with Crippen LogP contribution in [0.1, 0.15) is 5.69 Å². The number of carbonyl (C=O) groups excluding carboxylic acids is 2. The maximum atomic E-state index is 12.7. The highest BCUT2D eigenvalue weighted by molar-refractivity contribution is 8.02. The van der Waals surface area contributed by atoms with Crippen LogP contribution >= 0.6 is 47.3 Å². The summed E-state index contributed by atoms with van der Waals surface area (Å²) in [6.45, 7) is 3.69. The first kappa shape index (κ1) is 24.3. The van der Waals surface area contributed by atoms with E-state index in [1.54, 1.807) is 10.8 Å². The Morgan fingerprint density at radius 1 is 1.63 bits per heavy atom. The van der Waals surface area contributed by atoms with Crippen LogP contribution in [0.2, 0.25) is 0 Å². The van der Waals surface area contributed by atoms with E-state index < -0.39 is 23.3 Å². The van der Waals surface area contributed by atoms with Crippen molar-refractivity contribution in [1.29, 1.82) is 0 Å². The van der Waals surface area contributed by atoms with Crippen LogP contribution < -0.4 is 11.1 Å². The summed E-state index contributed by atoms with van der Waals surface area (Å²) in [5.74, 6) is -1.26. The zero-order chi connectivity index (χ0) is 21.2. The standard InChI is InChI=1S/C16H19N5O5S3.ClH/c1-3-27-6-16(14(24)25)5-21-12(23)10(13(21)29-7-16)19-11(22)9(20-26-2)8-4-28-15(17)18-8;/h3-4,10,13H,1,5-7H2,2H3,(H2,17,18)(H,19,22)(H,24,25);1H/t10?,13-,16?;/m1./s1. The number of nitrogens with one attached hydrogen (secondary N) is 1. The molecule has 14 heteroatoms. The van der Waals surface area contributed by atoms with Crippen LogP contribution in [0.4, 0.5) is 5.13 Å². The number of nitrogens with two attached hydrogens (primary N) is 1. The first-order valence-corrected chi connectivity index (χ1v) is 11.3. The fraction of sp³-hybridized carbons (Fsp3) is 0.438. The molecule has 3 atom stereocenters. The molecule has 3 heterocycles. The van der Waals surface area contributed by atoms with E-state index in [0.717, 1.165) is 11.3 Å². The number of carboxylic acid groups (broad SMARTS) is 1. The molecular weight excluding hydrogens is 474 g/mol. The monoisotopic (exact) mass is 493 g/mol. The molecule has 0 spiro atoms. The molecule has 1 aromatic rings. The third-order valence-electron chi connectivity index (χ3n) is 4.52. The quantitative estimate of drug-likeness (QED) is 0.272. The predicted octanol–water partition coefficient (Wildman–Crippen LogP) is 0.845. The van der Waals surface area contributed by atoms with Crippen molar-refractivity contribution in [1.82, 2.24) is 15.2 Å². The molecule has 2 amide bonds. The summed E-state index contributed by atoms with van der Waals surface area (Å²) in [6.07, 6.45) is 0. The van der Waals surface area contributed by atoms with Crippen molar-refractivity contribution in [2.75, 3.05) is 30.9 Å². The van der Waals surface area contributed by atoms with Gasteiger partial charge >= 0.3 is 5.97 Å². The number of thioether (sulfide) groups is 2. The van der Waals surface area contributed by atoms with Crippen LogP contribution in [0.25, 0.3) is 0 Å². The first-order chi connectivity index (χ1) is 13.8. The molecule has 0 aliphatic carbocycles. The fourth-order valence-electron chi connectivity index (χ4n) is 3.03. The van der Waals surface area contributed by atoms with Crippen LogP contribution in [0.15, 0.2) is 22.5 Å². The zero-order valence-electron chi connectivity index (χ0n) is 15.8. The normalized spacial score (nSPS) is 25.4. The van der Waals surface area contributed by atoms with Gasteiger partial charge in [-0.3, -0.25) is 14.4 Å². The number of hydrogen-bond donors (Lipinski definition) is 3. The highest BCUT2D eigenvalue weighted by Crippen LogP contribution is 2.43. The lowest BCUT2D eigenvalue weighted by molar-refractivity contribution is -0.157. The zero-order valence-corrected chi connectivity index (χ0v) is 19.0. The van der Waals surface area contributed by atoms with Crippen LogP contribution in [0, 0.1) is 5.41 Å². The number of halogens is 1. The number of amides is 2. The van der Waals surface area contributed by atoms with E-state index in [1.807, 2.05) is 0 Å². The van der Waals surface area contributed by atoms with E-state index in [2.05, 4.69) is 22.0 Å². The second-order valence-corrected chi connectivity index (χ2v) is 9.33. The molecule has 2 aliphatic rings. The maximum Gasteiger partial charge on any atom is 0.313 e. The Bertz CT molecular complexity index is 881. The SMILES string of the molecule is C=CSCC1(C(=O)O)CS[C@@H]2C(NC(=O)C(=NOC)c3csc(N)n3)C(=O)N2C1.Cl. The Hall–Kier alpha value is -1.96. The number of hydrogen-bond acceptors (Lipinski definition) is 10. The van der Waals surface area contributed by atoms with Crippen molar-refractivity contribution in [3.8, 4) is 0 Å². The number of fused-ring (bicyclic) bond motifs is 1. The van der Waals surface area contributed by atoms with Crippen molar-refractivity contribution in [2.45, 2.75) is 11.4 Å². The van der Waals surface area contributed by atoms with Gasteiger partial charge in [0, 0.05) is 23.4 Å². The number of aromatic nitrogens is 1. The van der Waals surface area contributed by atoms with Crippen molar-refractivity contribution in [3.05, 3.63) is 23.1 Å². The molecule has 0 radical (unpaired) electrons. The molecule has 0 aromatic carbocycles. The summed E-state index contributed by atoms with van der Waals surface area (Å²) in [6, 6.07) is -0.774. The summed E-state index contributed by atoms with van der Waals surface area (Å²) < 4.78 is 0. The van der Waals surface area contributed by atoms with E-state index in [4.69, 9.17) is 10.6 Å². The summed E-state index contributed by atoms with van der Waals surface area (Å²) in [5.41, 5.74) is 4.72. The van der Waals surface area contributed by atoms with Gasteiger partial charge in [-0.15, -0.1) is 47.3 Å². The van der Waals surface area contributed by atoms with Crippen molar-refractivity contribution in [3.63, 3.8) is 0 Å². The number of rotatable bonds is 8. The van der Waals surface area contributed by atoms with Crippen LogP contribution in [-0.2, 0) is 19.2 Å². The number of thiazole rings is 1. The molecule has 4 N–H and O–H groups in total. The molecule has 0 saturated carbocycles. The molecular formula is C16H20ClN5O5S3. The van der Waals surface area contributed by atoms with Gasteiger partial charge in [0.15, 0.2) is 10.8 Å². The van der Waals surface area contributed by atoms with Gasteiger partial charge in [0.2, 0.25) is 5.91 Å². The number of nitrogens with zero attached hydrogens (tertiary/aromatic N) is 3. The van der Waals surface area contributed by atoms with E-state index in [9.17, 15) is 19.5 Å². The van der Waals surface area contributed by atoms with E-state index >= 15 is 0 Å². The highest BCUT2D eigenvalue weighted by atomic mass is 35.5. The molecule has 2 unspecified atom stereocenters. The number of nitrogen functional groups attached to an aromatic ring is 1. The van der Waals surface area contributed by atoms with Crippen molar-refractivity contribution in [2.24, 2.45) is 10.6 Å².